The van der Waals surface area contributed by atoms with E-state index in [2.05, 4.69) is 20.3 Å². The third-order valence-corrected chi connectivity index (χ3v) is 8.25. The van der Waals surface area contributed by atoms with Crippen molar-refractivity contribution in [2.24, 2.45) is 5.92 Å². The molecule has 224 valence electrons. The number of carbonyl (C=O) groups excluding carboxylic acids is 3. The lowest BCUT2D eigenvalue weighted by molar-refractivity contribution is -0.145. The minimum Gasteiger partial charge on any atom is -0.447 e. The predicted octanol–water partition coefficient (Wildman–Crippen LogP) is -0.434. The first-order valence-corrected chi connectivity index (χ1v) is 14.1. The first-order chi connectivity index (χ1) is 19.7. The molecule has 15 heteroatoms. The normalized spacial score (nSPS) is 26.8. The number of aliphatic hydroxyl groups excluding tert-OH is 2. The molecule has 2 aromatic rings. The largest absolute Gasteiger partial charge is 0.447 e. The number of hydrogen-bond acceptors (Lipinski definition) is 11. The van der Waals surface area contributed by atoms with Gasteiger partial charge in [-0.15, -0.1) is 0 Å². The Kier molecular flexibility index (Phi) is 8.56. The fourth-order valence-electron chi connectivity index (χ4n) is 5.62. The number of imidazole rings is 1. The monoisotopic (exact) mass is 574 g/mol. The van der Waals surface area contributed by atoms with Gasteiger partial charge in [0.05, 0.1) is 18.8 Å². The molecule has 3 aliphatic rings. The number of nitrogens with one attached hydrogen (secondary N) is 1. The van der Waals surface area contributed by atoms with E-state index in [1.807, 2.05) is 0 Å². The van der Waals surface area contributed by atoms with E-state index in [4.69, 9.17) is 15.2 Å². The van der Waals surface area contributed by atoms with Gasteiger partial charge in [0.2, 0.25) is 5.91 Å². The highest BCUT2D eigenvalue weighted by Gasteiger charge is 2.47. The van der Waals surface area contributed by atoms with Crippen LogP contribution in [-0.4, -0.2) is 115 Å². The summed E-state index contributed by atoms with van der Waals surface area (Å²) in [5, 5.41) is 23.6. The van der Waals surface area contributed by atoms with Gasteiger partial charge in [-0.1, -0.05) is 0 Å². The zero-order chi connectivity index (χ0) is 29.3. The van der Waals surface area contributed by atoms with Gasteiger partial charge in [-0.25, -0.2) is 19.7 Å². The lowest BCUT2D eigenvalue weighted by atomic mass is 9.91. The number of hydrogen-bond donors (Lipinski definition) is 4. The van der Waals surface area contributed by atoms with Crippen molar-refractivity contribution in [3.05, 3.63) is 12.2 Å². The molecule has 3 fully saturated rings. The first kappa shape index (κ1) is 29.0. The zero-order valence-electron chi connectivity index (χ0n) is 23.3. The average molecular weight is 575 g/mol. The van der Waals surface area contributed by atoms with Crippen LogP contribution in [0.15, 0.2) is 6.33 Å². The van der Waals surface area contributed by atoms with Crippen LogP contribution in [0, 0.1) is 5.92 Å². The molecule has 0 spiro atoms. The van der Waals surface area contributed by atoms with Crippen molar-refractivity contribution in [2.75, 3.05) is 39.0 Å². The Morgan fingerprint density at radius 1 is 1.22 bits per heavy atom. The molecular weight excluding hydrogens is 536 g/mol. The molecule has 3 aliphatic heterocycles. The average Bonchev–Trinajstić information content (AvgIpc) is 3.51. The number of nitrogens with zero attached hydrogens (tertiary/aromatic N) is 6. The van der Waals surface area contributed by atoms with Gasteiger partial charge in [0.1, 0.15) is 30.2 Å². The number of aliphatic hydroxyl groups is 2. The summed E-state index contributed by atoms with van der Waals surface area (Å²) in [6, 6.07) is -0.0235. The number of nitrogens with two attached hydrogens (primary N) is 1. The summed E-state index contributed by atoms with van der Waals surface area (Å²) in [7, 11) is 1.71. The molecule has 0 radical (unpaired) electrons. The molecule has 2 unspecified atom stereocenters. The Morgan fingerprint density at radius 3 is 2.66 bits per heavy atom. The van der Waals surface area contributed by atoms with E-state index in [9.17, 15) is 24.6 Å². The Hall–Kier alpha value is -3.56. The number of fused-ring (bicyclic) bond motifs is 1. The van der Waals surface area contributed by atoms with Crippen molar-refractivity contribution >= 4 is 34.9 Å². The van der Waals surface area contributed by atoms with E-state index < -0.39 is 30.4 Å². The summed E-state index contributed by atoms with van der Waals surface area (Å²) in [5.74, 6) is 0.726. The summed E-state index contributed by atoms with van der Waals surface area (Å²) in [6.07, 6.45) is 0.489. The van der Waals surface area contributed by atoms with Crippen LogP contribution in [0.1, 0.15) is 51.1 Å². The molecule has 15 nitrogen and oxygen atoms in total. The topological polar surface area (TPSA) is 198 Å². The molecule has 0 bridgehead atoms. The number of β-lactam (4-membered cyclic amide) rings is 1. The van der Waals surface area contributed by atoms with Crippen molar-refractivity contribution in [3.63, 3.8) is 0 Å². The van der Waals surface area contributed by atoms with E-state index in [0.717, 1.165) is 25.7 Å². The number of piperidine rings is 1. The number of likely N-dealkylation sites (tertiary alicyclic amines) is 2. The maximum absolute atomic E-state index is 12.4. The molecule has 2 aromatic heterocycles. The van der Waals surface area contributed by atoms with Crippen LogP contribution in [0.3, 0.4) is 0 Å². The summed E-state index contributed by atoms with van der Waals surface area (Å²) in [4.78, 5) is 52.6. The lowest BCUT2D eigenvalue weighted by Crippen LogP contribution is -2.53. The van der Waals surface area contributed by atoms with Crippen LogP contribution in [0.5, 0.6) is 0 Å². The maximum Gasteiger partial charge on any atom is 0.409 e. The molecule has 0 aromatic carbocycles. The van der Waals surface area contributed by atoms with E-state index in [-0.39, 0.29) is 30.5 Å². The smallest absolute Gasteiger partial charge is 0.409 e. The van der Waals surface area contributed by atoms with Gasteiger partial charge < -0.3 is 40.5 Å². The number of amides is 3. The Bertz CT molecular complexity index is 1280. The minimum atomic E-state index is -1.41. The number of nitrogen functional groups attached to an aromatic ring is 1. The second-order valence-electron chi connectivity index (χ2n) is 10.9. The van der Waals surface area contributed by atoms with E-state index in [1.54, 1.807) is 23.8 Å². The van der Waals surface area contributed by atoms with Crippen molar-refractivity contribution < 1.29 is 34.1 Å². The van der Waals surface area contributed by atoms with Crippen LogP contribution < -0.4 is 11.1 Å². The van der Waals surface area contributed by atoms with Crippen LogP contribution in [0.4, 0.5) is 10.6 Å². The molecule has 3 amide bonds. The van der Waals surface area contributed by atoms with Gasteiger partial charge in [0.25, 0.3) is 5.91 Å². The van der Waals surface area contributed by atoms with Crippen molar-refractivity contribution in [2.45, 2.75) is 76.0 Å². The molecule has 5 atom stereocenters. The Labute approximate surface area is 237 Å². The first-order valence-electron chi connectivity index (χ1n) is 14.1. The van der Waals surface area contributed by atoms with Gasteiger partial charge in [0.15, 0.2) is 23.8 Å². The summed E-state index contributed by atoms with van der Waals surface area (Å²) in [6.45, 7) is 3.60. The predicted molar refractivity (Wildman–Crippen MR) is 144 cm³/mol. The van der Waals surface area contributed by atoms with Gasteiger partial charge in [-0.05, 0) is 38.5 Å². The SMILES string of the molecule is CCNC(=O)[C@H]1O[C@@H](n2cnc3c(N)nc(CCCC4CCN(C(=O)OCC5CC(=O)N5C)CC4)nc32)[C@@H](O)C1O. The summed E-state index contributed by atoms with van der Waals surface area (Å²) in [5.41, 5.74) is 6.86. The number of aromatic nitrogens is 4. The summed E-state index contributed by atoms with van der Waals surface area (Å²) < 4.78 is 12.6. The number of carbonyl (C=O) groups is 3. The Balaban J connectivity index is 1.13. The number of aryl methyl sites for hydroxylation is 1. The number of rotatable bonds is 9. The third kappa shape index (κ3) is 5.92. The van der Waals surface area contributed by atoms with Crippen LogP contribution in [-0.2, 0) is 25.5 Å². The second kappa shape index (κ2) is 12.1. The Morgan fingerprint density at radius 2 is 1.98 bits per heavy atom. The molecule has 5 N–H and O–H groups in total. The number of likely N-dealkylation sites (N-methyl/N-ethyl adjacent to an activating group) is 2. The standard InChI is InChI=1S/C26H38N8O7/c1-3-28-24(38)21-19(36)20(37)25(41-21)34-13-29-18-22(27)30-16(31-23(18)34)6-4-5-14-7-9-33(10-8-14)26(39)40-12-15-11-17(35)32(15)2/h13-15,19-21,25,36-37H,3-12H2,1-2H3,(H,28,38)(H2,27,30,31)/t15?,19?,20-,21-,25+/m0/s1. The molecule has 3 saturated heterocycles. The number of ether oxygens (including phenoxy) is 2. The van der Waals surface area contributed by atoms with Gasteiger partial charge >= 0.3 is 6.09 Å². The van der Waals surface area contributed by atoms with E-state index >= 15 is 0 Å². The van der Waals surface area contributed by atoms with Gasteiger partial charge in [0, 0.05) is 33.1 Å². The quantitative estimate of drug-likeness (QED) is 0.283. The van der Waals surface area contributed by atoms with Crippen LogP contribution in [0.25, 0.3) is 11.2 Å². The molecule has 0 aliphatic carbocycles. The van der Waals surface area contributed by atoms with Crippen molar-refractivity contribution in [1.82, 2.24) is 34.6 Å². The maximum atomic E-state index is 12.4. The van der Waals surface area contributed by atoms with Crippen molar-refractivity contribution in [1.29, 1.82) is 0 Å². The third-order valence-electron chi connectivity index (χ3n) is 8.25. The fourth-order valence-corrected chi connectivity index (χ4v) is 5.62. The van der Waals surface area contributed by atoms with E-state index in [0.29, 0.717) is 55.4 Å². The van der Waals surface area contributed by atoms with Crippen molar-refractivity contribution in [3.8, 4) is 0 Å². The molecule has 0 saturated carbocycles. The van der Waals surface area contributed by atoms with E-state index in [1.165, 1.54) is 10.9 Å². The zero-order valence-corrected chi connectivity index (χ0v) is 23.3. The lowest BCUT2D eigenvalue weighted by Gasteiger charge is -2.37. The highest BCUT2D eigenvalue weighted by Crippen LogP contribution is 2.32. The van der Waals surface area contributed by atoms with Crippen LogP contribution in [0.2, 0.25) is 0 Å². The molecular formula is C26H38N8O7. The highest BCUT2D eigenvalue weighted by atomic mass is 16.6. The second-order valence-corrected chi connectivity index (χ2v) is 10.9. The van der Waals surface area contributed by atoms with Gasteiger partial charge in [-0.2, -0.15) is 0 Å². The molecule has 5 rings (SSSR count). The fraction of sp³-hybridized carbons (Fsp3) is 0.692. The number of anilines is 1. The highest BCUT2D eigenvalue weighted by molar-refractivity contribution is 5.83. The van der Waals surface area contributed by atoms with Crippen LogP contribution >= 0.6 is 0 Å². The summed E-state index contributed by atoms with van der Waals surface area (Å²) >= 11 is 0. The van der Waals surface area contributed by atoms with Gasteiger partial charge in [-0.3, -0.25) is 14.2 Å². The molecule has 41 heavy (non-hydrogen) atoms. The molecule has 5 heterocycles. The minimum absolute atomic E-state index is 0.0235.